The summed E-state index contributed by atoms with van der Waals surface area (Å²) in [6, 6.07) is 17.3. The van der Waals surface area contributed by atoms with Crippen LogP contribution in [0.4, 0.5) is 5.69 Å². The zero-order valence-electron chi connectivity index (χ0n) is 13.4. The molecular formula is C20H13NO4. The van der Waals surface area contributed by atoms with Crippen LogP contribution in [0.15, 0.2) is 60.7 Å². The molecule has 3 aromatic rings. The van der Waals surface area contributed by atoms with E-state index in [0.29, 0.717) is 16.5 Å². The van der Waals surface area contributed by atoms with Crippen molar-refractivity contribution in [2.75, 3.05) is 12.0 Å². The molecule has 4 rings (SSSR count). The molecule has 3 aromatic carbocycles. The number of ether oxygens (including phenoxy) is 1. The van der Waals surface area contributed by atoms with Crippen molar-refractivity contribution in [3.8, 4) is 0 Å². The van der Waals surface area contributed by atoms with Crippen molar-refractivity contribution in [2.24, 2.45) is 0 Å². The lowest BCUT2D eigenvalue weighted by Crippen LogP contribution is -2.31. The van der Waals surface area contributed by atoms with Gasteiger partial charge in [0.25, 0.3) is 11.8 Å². The number of methoxy groups -OCH3 is 1. The van der Waals surface area contributed by atoms with E-state index < -0.39 is 17.8 Å². The summed E-state index contributed by atoms with van der Waals surface area (Å²) in [7, 11) is 1.27. The Labute approximate surface area is 143 Å². The smallest absolute Gasteiger partial charge is 0.340 e. The van der Waals surface area contributed by atoms with Gasteiger partial charge in [0, 0.05) is 5.39 Å². The third kappa shape index (κ3) is 2.13. The van der Waals surface area contributed by atoms with Gasteiger partial charge in [-0.15, -0.1) is 0 Å². The molecule has 0 N–H and O–H groups in total. The number of nitrogens with zero attached hydrogens (tertiary/aromatic N) is 1. The lowest BCUT2D eigenvalue weighted by Gasteiger charge is -2.19. The zero-order chi connectivity index (χ0) is 17.6. The van der Waals surface area contributed by atoms with Crippen LogP contribution in [-0.4, -0.2) is 24.9 Å². The molecule has 0 saturated carbocycles. The van der Waals surface area contributed by atoms with E-state index in [2.05, 4.69) is 0 Å². The molecule has 2 amide bonds. The number of anilines is 1. The molecule has 0 aliphatic carbocycles. The molecule has 5 nitrogen and oxygen atoms in total. The van der Waals surface area contributed by atoms with Crippen molar-refractivity contribution in [3.63, 3.8) is 0 Å². The van der Waals surface area contributed by atoms with Crippen molar-refractivity contribution < 1.29 is 19.1 Å². The van der Waals surface area contributed by atoms with Gasteiger partial charge in [0.15, 0.2) is 0 Å². The van der Waals surface area contributed by atoms with E-state index in [9.17, 15) is 14.4 Å². The van der Waals surface area contributed by atoms with Gasteiger partial charge in [0.2, 0.25) is 0 Å². The molecule has 0 aromatic heterocycles. The molecule has 1 heterocycles. The summed E-state index contributed by atoms with van der Waals surface area (Å²) in [6.07, 6.45) is 0. The number of hydrogen-bond acceptors (Lipinski definition) is 4. The van der Waals surface area contributed by atoms with Gasteiger partial charge in [-0.2, -0.15) is 0 Å². The third-order valence-corrected chi connectivity index (χ3v) is 4.32. The predicted octanol–water partition coefficient (Wildman–Crippen LogP) is 3.43. The van der Waals surface area contributed by atoms with Gasteiger partial charge in [-0.3, -0.25) is 9.59 Å². The van der Waals surface area contributed by atoms with E-state index >= 15 is 0 Å². The molecule has 0 unspecified atom stereocenters. The molecule has 1 aliphatic rings. The van der Waals surface area contributed by atoms with E-state index in [-0.39, 0.29) is 11.3 Å². The fourth-order valence-electron chi connectivity index (χ4n) is 3.16. The molecule has 0 fully saturated rings. The lowest BCUT2D eigenvalue weighted by molar-refractivity contribution is 0.0602. The second-order valence-corrected chi connectivity index (χ2v) is 5.67. The van der Waals surface area contributed by atoms with E-state index in [4.69, 9.17) is 4.74 Å². The Morgan fingerprint density at radius 3 is 2.08 bits per heavy atom. The average molecular weight is 331 g/mol. The molecule has 0 saturated heterocycles. The van der Waals surface area contributed by atoms with E-state index in [1.165, 1.54) is 7.11 Å². The van der Waals surface area contributed by atoms with Crippen LogP contribution in [0.25, 0.3) is 10.8 Å². The molecular weight excluding hydrogens is 318 g/mol. The maximum absolute atomic E-state index is 12.9. The summed E-state index contributed by atoms with van der Waals surface area (Å²) in [5, 5.41) is 1.46. The summed E-state index contributed by atoms with van der Waals surface area (Å²) in [6.45, 7) is 0. The topological polar surface area (TPSA) is 63.7 Å². The number of amides is 2. The Balaban J connectivity index is 2.02. The fraction of sp³-hybridized carbons (Fsp3) is 0.0500. The summed E-state index contributed by atoms with van der Waals surface area (Å²) in [5.41, 5.74) is 1.10. The second kappa shape index (κ2) is 5.56. The van der Waals surface area contributed by atoms with Gasteiger partial charge >= 0.3 is 5.97 Å². The number of rotatable bonds is 2. The van der Waals surface area contributed by atoms with Gasteiger partial charge in [0.05, 0.1) is 29.5 Å². The van der Waals surface area contributed by atoms with Gasteiger partial charge < -0.3 is 4.74 Å². The zero-order valence-corrected chi connectivity index (χ0v) is 13.4. The maximum atomic E-state index is 12.9. The monoisotopic (exact) mass is 331 g/mol. The van der Waals surface area contributed by atoms with Gasteiger partial charge in [0.1, 0.15) is 0 Å². The van der Waals surface area contributed by atoms with Crippen LogP contribution < -0.4 is 4.90 Å². The lowest BCUT2D eigenvalue weighted by atomic mass is 10.0. The van der Waals surface area contributed by atoms with Crippen LogP contribution in [-0.2, 0) is 4.74 Å². The Kier molecular flexibility index (Phi) is 3.35. The minimum Gasteiger partial charge on any atom is -0.465 e. The van der Waals surface area contributed by atoms with Gasteiger partial charge in [-0.1, -0.05) is 42.5 Å². The van der Waals surface area contributed by atoms with Gasteiger partial charge in [-0.05, 0) is 23.6 Å². The summed E-state index contributed by atoms with van der Waals surface area (Å²) in [5.74, 6) is -1.48. The van der Waals surface area contributed by atoms with Crippen LogP contribution in [0.1, 0.15) is 31.1 Å². The Morgan fingerprint density at radius 1 is 0.840 bits per heavy atom. The number of imide groups is 1. The number of carbonyl (C=O) groups is 3. The molecule has 25 heavy (non-hydrogen) atoms. The molecule has 5 heteroatoms. The first-order chi connectivity index (χ1) is 12.1. The Bertz CT molecular complexity index is 1020. The van der Waals surface area contributed by atoms with Crippen molar-refractivity contribution in [3.05, 3.63) is 77.4 Å². The van der Waals surface area contributed by atoms with Crippen LogP contribution in [0.2, 0.25) is 0 Å². The quantitative estimate of drug-likeness (QED) is 0.533. The highest BCUT2D eigenvalue weighted by Crippen LogP contribution is 2.36. The number of benzene rings is 3. The first-order valence-corrected chi connectivity index (χ1v) is 7.71. The summed E-state index contributed by atoms with van der Waals surface area (Å²) in [4.78, 5) is 39.1. The highest BCUT2D eigenvalue weighted by atomic mass is 16.5. The number of carbonyl (C=O) groups excluding carboxylic acids is 3. The Morgan fingerprint density at radius 2 is 1.44 bits per heavy atom. The van der Waals surface area contributed by atoms with E-state index in [1.54, 1.807) is 48.5 Å². The summed E-state index contributed by atoms with van der Waals surface area (Å²) >= 11 is 0. The highest BCUT2D eigenvalue weighted by molar-refractivity contribution is 6.37. The van der Waals surface area contributed by atoms with E-state index in [0.717, 1.165) is 10.3 Å². The van der Waals surface area contributed by atoms with Crippen molar-refractivity contribution in [1.29, 1.82) is 0 Å². The predicted molar refractivity (Wildman–Crippen MR) is 92.9 cm³/mol. The normalized spacial score (nSPS) is 13.2. The van der Waals surface area contributed by atoms with Crippen molar-refractivity contribution in [2.45, 2.75) is 0 Å². The molecule has 0 bridgehead atoms. The molecule has 0 spiro atoms. The minimum atomic E-state index is -0.600. The van der Waals surface area contributed by atoms with Crippen LogP contribution in [0, 0.1) is 0 Å². The minimum absolute atomic E-state index is 0.177. The fourth-order valence-corrected chi connectivity index (χ4v) is 3.16. The number of esters is 1. The largest absolute Gasteiger partial charge is 0.465 e. The molecule has 122 valence electrons. The van der Waals surface area contributed by atoms with E-state index in [1.807, 2.05) is 12.1 Å². The van der Waals surface area contributed by atoms with Gasteiger partial charge in [-0.25, -0.2) is 9.69 Å². The van der Waals surface area contributed by atoms with Crippen LogP contribution in [0.3, 0.4) is 0 Å². The second-order valence-electron chi connectivity index (χ2n) is 5.67. The number of hydrogen-bond donors (Lipinski definition) is 0. The number of fused-ring (bicyclic) bond motifs is 2. The standard InChI is InChI=1S/C20H13NO4/c1-25-20(24)16-11-10-12-6-2-3-7-13(12)17(16)21-18(22)14-8-4-5-9-15(14)19(21)23/h2-11H,1H3. The molecule has 0 radical (unpaired) electrons. The maximum Gasteiger partial charge on any atom is 0.340 e. The summed E-state index contributed by atoms with van der Waals surface area (Å²) < 4.78 is 4.84. The SMILES string of the molecule is COC(=O)c1ccc2ccccc2c1N1C(=O)c2ccccc2C1=O. The van der Waals surface area contributed by atoms with Crippen LogP contribution >= 0.6 is 0 Å². The van der Waals surface area contributed by atoms with Crippen molar-refractivity contribution >= 4 is 34.2 Å². The average Bonchev–Trinajstić information content (AvgIpc) is 2.91. The van der Waals surface area contributed by atoms with Crippen molar-refractivity contribution in [1.82, 2.24) is 0 Å². The third-order valence-electron chi connectivity index (χ3n) is 4.32. The first-order valence-electron chi connectivity index (χ1n) is 7.71. The van der Waals surface area contributed by atoms with Crippen LogP contribution in [0.5, 0.6) is 0 Å². The molecule has 1 aliphatic heterocycles. The first kappa shape index (κ1) is 15.1. The molecule has 0 atom stereocenters. The Hall–Kier alpha value is -3.47. The highest BCUT2D eigenvalue weighted by Gasteiger charge is 2.39.